The van der Waals surface area contributed by atoms with Crippen LogP contribution in [0.4, 0.5) is 5.69 Å². The summed E-state index contributed by atoms with van der Waals surface area (Å²) < 4.78 is 26.7. The van der Waals surface area contributed by atoms with Crippen LogP contribution in [0, 0.1) is 10.1 Å². The van der Waals surface area contributed by atoms with Gasteiger partial charge in [0.25, 0.3) is 11.6 Å². The molecule has 0 radical (unpaired) electrons. The number of nitrogens with zero attached hydrogens (tertiary/aromatic N) is 1. The highest BCUT2D eigenvalue weighted by molar-refractivity contribution is 7.91. The van der Waals surface area contributed by atoms with Crippen LogP contribution in [0.15, 0.2) is 108 Å². The highest BCUT2D eigenvalue weighted by Gasteiger charge is 2.29. The summed E-state index contributed by atoms with van der Waals surface area (Å²) in [5.41, 5.74) is 8.70. The molecule has 8 nitrogen and oxygen atoms in total. The van der Waals surface area contributed by atoms with E-state index in [9.17, 15) is 23.3 Å². The monoisotopic (exact) mass is 515 g/mol. The second-order valence-electron chi connectivity index (χ2n) is 8.34. The Morgan fingerprint density at radius 3 is 2.24 bits per heavy atom. The van der Waals surface area contributed by atoms with Crippen molar-refractivity contribution in [3.63, 3.8) is 0 Å². The molecule has 0 heterocycles. The van der Waals surface area contributed by atoms with Crippen LogP contribution in [-0.2, 0) is 16.3 Å². The van der Waals surface area contributed by atoms with E-state index in [1.165, 1.54) is 18.2 Å². The first-order valence-corrected chi connectivity index (χ1v) is 13.1. The Hall–Kier alpha value is -4.34. The molecule has 0 aliphatic heterocycles. The quantitative estimate of drug-likeness (QED) is 0.246. The first-order chi connectivity index (χ1) is 17.8. The number of nitrogens with one attached hydrogen (secondary N) is 1. The molecule has 4 rings (SSSR count). The Labute approximate surface area is 214 Å². The minimum Gasteiger partial charge on any atom is -0.352 e. The van der Waals surface area contributed by atoms with Gasteiger partial charge in [0.15, 0.2) is 9.84 Å². The number of non-ortho nitro benzene ring substituents is 1. The zero-order valence-corrected chi connectivity index (χ0v) is 20.6. The summed E-state index contributed by atoms with van der Waals surface area (Å²) in [5, 5.41) is 12.6. The van der Waals surface area contributed by atoms with E-state index in [2.05, 4.69) is 5.32 Å². The standard InChI is InChI=1S/C28H25N3O5S/c29-27(37(35,36)22-12-8-11-21(19-22)31(33)34)25-15-6-4-13-23(25)24-14-5-7-16-26(24)28(32)30-18-17-20-9-2-1-3-10-20/h1-16,19,27H,17-18,29H2,(H,30,32). The molecule has 0 saturated heterocycles. The zero-order chi connectivity index (χ0) is 26.4. The molecule has 0 fully saturated rings. The van der Waals surface area contributed by atoms with Gasteiger partial charge in [0.1, 0.15) is 5.37 Å². The number of carbonyl (C=O) groups is 1. The lowest BCUT2D eigenvalue weighted by Gasteiger charge is -2.19. The zero-order valence-electron chi connectivity index (χ0n) is 19.8. The van der Waals surface area contributed by atoms with Crippen molar-refractivity contribution in [2.45, 2.75) is 16.7 Å². The van der Waals surface area contributed by atoms with Crippen LogP contribution in [0.5, 0.6) is 0 Å². The maximum atomic E-state index is 13.4. The number of carbonyl (C=O) groups excluding carboxylic acids is 1. The minimum absolute atomic E-state index is 0.254. The van der Waals surface area contributed by atoms with Gasteiger partial charge in [0.2, 0.25) is 0 Å². The number of hydrogen-bond donors (Lipinski definition) is 2. The molecule has 0 spiro atoms. The fourth-order valence-electron chi connectivity index (χ4n) is 4.05. The number of amides is 1. The first kappa shape index (κ1) is 25.7. The van der Waals surface area contributed by atoms with E-state index in [0.717, 1.165) is 11.6 Å². The van der Waals surface area contributed by atoms with Gasteiger partial charge < -0.3 is 11.1 Å². The number of nitrogens with two attached hydrogens (primary N) is 1. The number of sulfone groups is 1. The van der Waals surface area contributed by atoms with Gasteiger partial charge in [-0.05, 0) is 40.8 Å². The molecule has 37 heavy (non-hydrogen) atoms. The summed E-state index contributed by atoms with van der Waals surface area (Å²) in [4.78, 5) is 23.3. The second-order valence-corrected chi connectivity index (χ2v) is 10.4. The van der Waals surface area contributed by atoms with Crippen LogP contribution in [0.1, 0.15) is 26.9 Å². The van der Waals surface area contributed by atoms with Crippen LogP contribution in [-0.4, -0.2) is 25.8 Å². The topological polar surface area (TPSA) is 132 Å². The average molecular weight is 516 g/mol. The summed E-state index contributed by atoms with van der Waals surface area (Å²) in [6.45, 7) is 0.430. The molecule has 0 aromatic heterocycles. The highest BCUT2D eigenvalue weighted by atomic mass is 32.2. The van der Waals surface area contributed by atoms with Crippen molar-refractivity contribution in [3.8, 4) is 11.1 Å². The third kappa shape index (κ3) is 5.74. The van der Waals surface area contributed by atoms with E-state index in [1.54, 1.807) is 48.5 Å². The maximum absolute atomic E-state index is 13.4. The number of hydrogen-bond acceptors (Lipinski definition) is 6. The Morgan fingerprint density at radius 1 is 0.865 bits per heavy atom. The van der Waals surface area contributed by atoms with Gasteiger partial charge in [-0.1, -0.05) is 78.9 Å². The molecule has 0 bridgehead atoms. The molecule has 4 aromatic rings. The van der Waals surface area contributed by atoms with Crippen molar-refractivity contribution in [3.05, 3.63) is 130 Å². The number of benzene rings is 4. The van der Waals surface area contributed by atoms with E-state index in [1.807, 2.05) is 30.3 Å². The molecule has 1 unspecified atom stereocenters. The lowest BCUT2D eigenvalue weighted by molar-refractivity contribution is -0.385. The molecule has 1 atom stereocenters. The smallest absolute Gasteiger partial charge is 0.270 e. The van der Waals surface area contributed by atoms with Crippen LogP contribution in [0.3, 0.4) is 0 Å². The highest BCUT2D eigenvalue weighted by Crippen LogP contribution is 2.35. The Balaban J connectivity index is 1.65. The van der Waals surface area contributed by atoms with E-state index in [-0.39, 0.29) is 22.1 Å². The molecule has 0 aliphatic carbocycles. The number of rotatable bonds is 9. The third-order valence-electron chi connectivity index (χ3n) is 5.96. The molecular formula is C28H25N3O5S. The van der Waals surface area contributed by atoms with Crippen molar-refractivity contribution >= 4 is 21.4 Å². The Morgan fingerprint density at radius 2 is 1.51 bits per heavy atom. The summed E-state index contributed by atoms with van der Waals surface area (Å²) in [5.74, 6) is -0.295. The van der Waals surface area contributed by atoms with Crippen molar-refractivity contribution in [2.24, 2.45) is 5.73 Å². The van der Waals surface area contributed by atoms with Gasteiger partial charge in [0.05, 0.1) is 9.82 Å². The maximum Gasteiger partial charge on any atom is 0.270 e. The summed E-state index contributed by atoms with van der Waals surface area (Å²) >= 11 is 0. The molecule has 0 aliphatic rings. The SMILES string of the molecule is NC(c1ccccc1-c1ccccc1C(=O)NCCc1ccccc1)S(=O)(=O)c1cccc([N+](=O)[O-])c1. The predicted octanol–water partition coefficient (Wildman–Crippen LogP) is 4.67. The van der Waals surface area contributed by atoms with Crippen molar-refractivity contribution in [1.29, 1.82) is 0 Å². The second kappa shape index (κ2) is 11.2. The van der Waals surface area contributed by atoms with E-state index in [4.69, 9.17) is 5.73 Å². The van der Waals surface area contributed by atoms with Crippen LogP contribution >= 0.6 is 0 Å². The molecular weight excluding hydrogens is 490 g/mol. The Kier molecular flexibility index (Phi) is 7.76. The molecule has 3 N–H and O–H groups in total. The molecule has 1 amide bonds. The Bertz CT molecular complexity index is 1540. The average Bonchev–Trinajstić information content (AvgIpc) is 2.93. The fraction of sp³-hybridized carbons (Fsp3) is 0.107. The lowest BCUT2D eigenvalue weighted by atomic mass is 9.95. The molecule has 9 heteroatoms. The summed E-state index contributed by atoms with van der Waals surface area (Å²) in [6.07, 6.45) is 0.664. The molecule has 4 aromatic carbocycles. The molecule has 188 valence electrons. The lowest BCUT2D eigenvalue weighted by Crippen LogP contribution is -2.26. The number of nitro groups is 1. The van der Waals surface area contributed by atoms with Crippen molar-refractivity contribution in [2.75, 3.05) is 6.54 Å². The fourth-order valence-corrected chi connectivity index (χ4v) is 5.44. The normalized spacial score (nSPS) is 12.0. The van der Waals surface area contributed by atoms with Crippen molar-refractivity contribution < 1.29 is 18.1 Å². The van der Waals surface area contributed by atoms with E-state index < -0.39 is 20.1 Å². The van der Waals surface area contributed by atoms with Gasteiger partial charge in [0, 0.05) is 24.2 Å². The molecule has 0 saturated carbocycles. The van der Waals surface area contributed by atoms with E-state index in [0.29, 0.717) is 29.7 Å². The van der Waals surface area contributed by atoms with Gasteiger partial charge in [-0.15, -0.1) is 0 Å². The van der Waals surface area contributed by atoms with Crippen LogP contribution in [0.2, 0.25) is 0 Å². The van der Waals surface area contributed by atoms with E-state index >= 15 is 0 Å². The summed E-state index contributed by atoms with van der Waals surface area (Å²) in [6, 6.07) is 28.1. The number of nitro benzene ring substituents is 1. The van der Waals surface area contributed by atoms with Gasteiger partial charge >= 0.3 is 0 Å². The third-order valence-corrected chi connectivity index (χ3v) is 7.80. The minimum atomic E-state index is -4.18. The van der Waals surface area contributed by atoms with Gasteiger partial charge in [-0.3, -0.25) is 14.9 Å². The van der Waals surface area contributed by atoms with Crippen molar-refractivity contribution in [1.82, 2.24) is 5.32 Å². The first-order valence-electron chi connectivity index (χ1n) is 11.5. The van der Waals surface area contributed by atoms with Gasteiger partial charge in [-0.2, -0.15) is 0 Å². The van der Waals surface area contributed by atoms with Gasteiger partial charge in [-0.25, -0.2) is 8.42 Å². The van der Waals surface area contributed by atoms with Crippen LogP contribution in [0.25, 0.3) is 11.1 Å². The largest absolute Gasteiger partial charge is 0.352 e. The summed E-state index contributed by atoms with van der Waals surface area (Å²) in [7, 11) is -4.18. The predicted molar refractivity (Wildman–Crippen MR) is 142 cm³/mol. The van der Waals surface area contributed by atoms with Crippen LogP contribution < -0.4 is 11.1 Å².